The largest absolute Gasteiger partial charge is 0.454 e. The van der Waals surface area contributed by atoms with Crippen molar-refractivity contribution in [1.29, 1.82) is 0 Å². The molecular weight excluding hydrogens is 368 g/mol. The standard InChI is InChI=1S/C22H18N4O3/c1-14-3-2-4-16(9-14)21-25-22(29-26-21)17-6-8-20(24-12-17)23-11-15-5-7-18-19(10-15)28-13-27-18/h2-10,12H,11,13H2,1H3,(H,23,24). The predicted molar refractivity (Wildman–Crippen MR) is 108 cm³/mol. The Balaban J connectivity index is 1.27. The van der Waals surface area contributed by atoms with Crippen molar-refractivity contribution in [3.63, 3.8) is 0 Å². The Morgan fingerprint density at radius 3 is 2.76 bits per heavy atom. The summed E-state index contributed by atoms with van der Waals surface area (Å²) in [6, 6.07) is 17.7. The predicted octanol–water partition coefficient (Wildman–Crippen LogP) is 4.45. The minimum absolute atomic E-state index is 0.274. The van der Waals surface area contributed by atoms with Crippen molar-refractivity contribution in [3.05, 3.63) is 71.9 Å². The van der Waals surface area contributed by atoms with E-state index >= 15 is 0 Å². The highest BCUT2D eigenvalue weighted by Crippen LogP contribution is 2.32. The van der Waals surface area contributed by atoms with Gasteiger partial charge in [-0.05, 0) is 42.8 Å². The van der Waals surface area contributed by atoms with Crippen molar-refractivity contribution in [1.82, 2.24) is 15.1 Å². The molecule has 1 aliphatic heterocycles. The first-order valence-electron chi connectivity index (χ1n) is 9.24. The Bertz CT molecular complexity index is 1150. The minimum Gasteiger partial charge on any atom is -0.454 e. The molecule has 0 fully saturated rings. The molecule has 144 valence electrons. The summed E-state index contributed by atoms with van der Waals surface area (Å²) in [6.07, 6.45) is 1.72. The molecule has 0 radical (unpaired) electrons. The Hall–Kier alpha value is -3.87. The Labute approximate surface area is 167 Å². The number of pyridine rings is 1. The molecule has 5 rings (SSSR count). The lowest BCUT2D eigenvalue weighted by Gasteiger charge is -2.06. The highest BCUT2D eigenvalue weighted by atomic mass is 16.7. The Kier molecular flexibility index (Phi) is 4.32. The first-order valence-corrected chi connectivity index (χ1v) is 9.24. The molecule has 1 aliphatic rings. The molecule has 0 aliphatic carbocycles. The third kappa shape index (κ3) is 3.62. The van der Waals surface area contributed by atoms with Gasteiger partial charge in [-0.1, -0.05) is 35.0 Å². The molecule has 0 saturated carbocycles. The maximum absolute atomic E-state index is 5.41. The van der Waals surface area contributed by atoms with Gasteiger partial charge in [-0.15, -0.1) is 0 Å². The van der Waals surface area contributed by atoms with Crippen molar-refractivity contribution in [2.24, 2.45) is 0 Å². The third-order valence-electron chi connectivity index (χ3n) is 4.62. The molecule has 0 bridgehead atoms. The van der Waals surface area contributed by atoms with Gasteiger partial charge in [0.15, 0.2) is 11.5 Å². The maximum atomic E-state index is 5.41. The number of aryl methyl sites for hydroxylation is 1. The fourth-order valence-corrected chi connectivity index (χ4v) is 3.11. The van der Waals surface area contributed by atoms with Crippen LogP contribution in [0.5, 0.6) is 11.5 Å². The summed E-state index contributed by atoms with van der Waals surface area (Å²) in [5, 5.41) is 7.37. The number of ether oxygens (including phenoxy) is 2. The topological polar surface area (TPSA) is 82.3 Å². The summed E-state index contributed by atoms with van der Waals surface area (Å²) in [4.78, 5) is 8.93. The van der Waals surface area contributed by atoms with Gasteiger partial charge in [-0.2, -0.15) is 4.98 Å². The van der Waals surface area contributed by atoms with Crippen LogP contribution in [0.3, 0.4) is 0 Å². The van der Waals surface area contributed by atoms with E-state index in [0.717, 1.165) is 39.6 Å². The van der Waals surface area contributed by atoms with Crippen molar-refractivity contribution in [2.75, 3.05) is 12.1 Å². The molecule has 0 spiro atoms. The summed E-state index contributed by atoms with van der Waals surface area (Å²) in [5.41, 5.74) is 3.92. The average Bonchev–Trinajstić information content (AvgIpc) is 3.42. The summed E-state index contributed by atoms with van der Waals surface area (Å²) in [6.45, 7) is 2.93. The van der Waals surface area contributed by atoms with Crippen molar-refractivity contribution in [3.8, 4) is 34.3 Å². The molecule has 1 N–H and O–H groups in total. The molecule has 0 unspecified atom stereocenters. The van der Waals surface area contributed by atoms with Crippen LogP contribution in [0.25, 0.3) is 22.8 Å². The number of nitrogens with one attached hydrogen (secondary N) is 1. The summed E-state index contributed by atoms with van der Waals surface area (Å²) >= 11 is 0. The van der Waals surface area contributed by atoms with Crippen LogP contribution in [-0.4, -0.2) is 21.9 Å². The van der Waals surface area contributed by atoms with Crippen LogP contribution < -0.4 is 14.8 Å². The minimum atomic E-state index is 0.274. The second-order valence-electron chi connectivity index (χ2n) is 6.77. The van der Waals surface area contributed by atoms with Crippen LogP contribution in [0, 0.1) is 6.92 Å². The second-order valence-corrected chi connectivity index (χ2v) is 6.77. The zero-order valence-corrected chi connectivity index (χ0v) is 15.8. The molecule has 29 heavy (non-hydrogen) atoms. The van der Waals surface area contributed by atoms with E-state index in [1.54, 1.807) is 6.20 Å². The van der Waals surface area contributed by atoms with Crippen molar-refractivity contribution < 1.29 is 14.0 Å². The summed E-state index contributed by atoms with van der Waals surface area (Å²) in [7, 11) is 0. The second kappa shape index (κ2) is 7.27. The molecular formula is C22H18N4O3. The zero-order valence-electron chi connectivity index (χ0n) is 15.8. The van der Waals surface area contributed by atoms with E-state index in [-0.39, 0.29) is 6.79 Å². The first kappa shape index (κ1) is 17.2. The lowest BCUT2D eigenvalue weighted by molar-refractivity contribution is 0.174. The van der Waals surface area contributed by atoms with Crippen LogP contribution in [0.2, 0.25) is 0 Å². The van der Waals surface area contributed by atoms with Crippen LogP contribution in [0.4, 0.5) is 5.82 Å². The zero-order chi connectivity index (χ0) is 19.6. The van der Waals surface area contributed by atoms with Crippen LogP contribution in [0.1, 0.15) is 11.1 Å². The van der Waals surface area contributed by atoms with Crippen LogP contribution in [0.15, 0.2) is 65.3 Å². The normalized spacial score (nSPS) is 12.2. The van der Waals surface area contributed by atoms with Gasteiger partial charge >= 0.3 is 0 Å². The summed E-state index contributed by atoms with van der Waals surface area (Å²) in [5.74, 6) is 3.31. The van der Waals surface area contributed by atoms with E-state index < -0.39 is 0 Å². The van der Waals surface area contributed by atoms with Gasteiger partial charge in [-0.3, -0.25) is 0 Å². The van der Waals surface area contributed by atoms with Gasteiger partial charge in [0.1, 0.15) is 5.82 Å². The lowest BCUT2D eigenvalue weighted by Crippen LogP contribution is -2.01. The molecule has 2 aromatic heterocycles. The van der Waals surface area contributed by atoms with E-state index in [0.29, 0.717) is 18.3 Å². The number of hydrogen-bond acceptors (Lipinski definition) is 7. The van der Waals surface area contributed by atoms with Gasteiger partial charge in [0.2, 0.25) is 12.6 Å². The van der Waals surface area contributed by atoms with E-state index in [1.807, 2.05) is 61.5 Å². The van der Waals surface area contributed by atoms with E-state index in [4.69, 9.17) is 14.0 Å². The quantitative estimate of drug-likeness (QED) is 0.543. The third-order valence-corrected chi connectivity index (χ3v) is 4.62. The van der Waals surface area contributed by atoms with Gasteiger partial charge in [0.05, 0.1) is 5.56 Å². The average molecular weight is 386 g/mol. The van der Waals surface area contributed by atoms with E-state index in [1.165, 1.54) is 0 Å². The number of nitrogens with zero attached hydrogens (tertiary/aromatic N) is 3. The SMILES string of the molecule is Cc1cccc(-c2noc(-c3ccc(NCc4ccc5c(c4)OCO5)nc3)n2)c1. The first-order chi connectivity index (χ1) is 14.2. The molecule has 7 nitrogen and oxygen atoms in total. The van der Waals surface area contributed by atoms with Gasteiger partial charge in [0.25, 0.3) is 5.89 Å². The highest BCUT2D eigenvalue weighted by Gasteiger charge is 2.13. The number of benzene rings is 2. The molecule has 4 aromatic rings. The van der Waals surface area contributed by atoms with E-state index in [2.05, 4.69) is 20.4 Å². The molecule has 3 heterocycles. The monoisotopic (exact) mass is 386 g/mol. The van der Waals surface area contributed by atoms with Gasteiger partial charge in [0, 0.05) is 18.3 Å². The Morgan fingerprint density at radius 1 is 0.966 bits per heavy atom. The van der Waals surface area contributed by atoms with Crippen LogP contribution >= 0.6 is 0 Å². The molecule has 0 amide bonds. The molecule has 0 atom stereocenters. The van der Waals surface area contributed by atoms with Crippen LogP contribution in [-0.2, 0) is 6.54 Å². The number of anilines is 1. The number of fused-ring (bicyclic) bond motifs is 1. The fraction of sp³-hybridized carbons (Fsp3) is 0.136. The van der Waals surface area contributed by atoms with Crippen molar-refractivity contribution >= 4 is 5.82 Å². The molecule has 7 heteroatoms. The Morgan fingerprint density at radius 2 is 1.90 bits per heavy atom. The molecule has 0 saturated heterocycles. The lowest BCUT2D eigenvalue weighted by atomic mass is 10.1. The maximum Gasteiger partial charge on any atom is 0.259 e. The summed E-state index contributed by atoms with van der Waals surface area (Å²) < 4.78 is 16.1. The van der Waals surface area contributed by atoms with Gasteiger partial charge in [-0.25, -0.2) is 4.98 Å². The van der Waals surface area contributed by atoms with E-state index in [9.17, 15) is 0 Å². The fourth-order valence-electron chi connectivity index (χ4n) is 3.11. The number of aromatic nitrogens is 3. The smallest absolute Gasteiger partial charge is 0.259 e. The molecule has 2 aromatic carbocycles. The number of rotatable bonds is 5. The highest BCUT2D eigenvalue weighted by molar-refractivity contribution is 5.60. The van der Waals surface area contributed by atoms with Gasteiger partial charge < -0.3 is 19.3 Å². The van der Waals surface area contributed by atoms with Crippen molar-refractivity contribution in [2.45, 2.75) is 13.5 Å². The number of hydrogen-bond donors (Lipinski definition) is 1.